The molecule has 0 bridgehead atoms. The molecule has 2 aliphatic rings. The van der Waals surface area contributed by atoms with Gasteiger partial charge in [0.05, 0.1) is 24.5 Å². The second-order valence-corrected chi connectivity index (χ2v) is 7.45. The van der Waals surface area contributed by atoms with Gasteiger partial charge in [-0.15, -0.1) is 5.01 Å². The molecule has 152 valence electrons. The maximum absolute atomic E-state index is 12.8. The number of hydrazone groups is 1. The number of imide groups is 1. The number of hydrogen-bond acceptors (Lipinski definition) is 5. The van der Waals surface area contributed by atoms with E-state index < -0.39 is 11.6 Å². The van der Waals surface area contributed by atoms with E-state index in [0.29, 0.717) is 48.1 Å². The second kappa shape index (κ2) is 8.82. The monoisotopic (exact) mass is 407 g/mol. The predicted molar refractivity (Wildman–Crippen MR) is 107 cm³/mol. The lowest BCUT2D eigenvalue weighted by Gasteiger charge is -2.29. The van der Waals surface area contributed by atoms with Crippen LogP contribution in [0.5, 0.6) is 11.5 Å². The summed E-state index contributed by atoms with van der Waals surface area (Å²) in [7, 11) is 0. The minimum absolute atomic E-state index is 0.285. The van der Waals surface area contributed by atoms with Crippen molar-refractivity contribution in [3.05, 3.63) is 22.7 Å². The molecule has 1 aromatic carbocycles. The first-order valence-corrected chi connectivity index (χ1v) is 10.2. The van der Waals surface area contributed by atoms with Crippen LogP contribution in [0.1, 0.15) is 57.9 Å². The van der Waals surface area contributed by atoms with Crippen LogP contribution in [-0.2, 0) is 4.79 Å². The van der Waals surface area contributed by atoms with Crippen LogP contribution >= 0.6 is 11.6 Å². The molecule has 3 rings (SSSR count). The van der Waals surface area contributed by atoms with Gasteiger partial charge in [0.25, 0.3) is 5.91 Å². The molecular weight excluding hydrogens is 382 g/mol. The standard InChI is InChI=1S/C20H26ClN3O4/c1-3-10-28-17-15(21)11-14(12-16(17)27-4-2)13-22-24-18(25)20(23-19(24)26)8-6-5-7-9-20/h11-13H,3-10H2,1-2H3,(H,23,26)/b22-13-. The van der Waals surface area contributed by atoms with Crippen molar-refractivity contribution >= 4 is 29.8 Å². The van der Waals surface area contributed by atoms with Crippen LogP contribution in [0.4, 0.5) is 4.79 Å². The van der Waals surface area contributed by atoms with Gasteiger partial charge >= 0.3 is 6.03 Å². The zero-order chi connectivity index (χ0) is 20.1. The van der Waals surface area contributed by atoms with Gasteiger partial charge in [0.1, 0.15) is 5.54 Å². The minimum Gasteiger partial charge on any atom is -0.490 e. The van der Waals surface area contributed by atoms with Gasteiger partial charge in [0.15, 0.2) is 11.5 Å². The van der Waals surface area contributed by atoms with E-state index in [9.17, 15) is 9.59 Å². The molecule has 2 fully saturated rings. The Morgan fingerprint density at radius 2 is 1.96 bits per heavy atom. The third kappa shape index (κ3) is 4.09. The summed E-state index contributed by atoms with van der Waals surface area (Å²) >= 11 is 6.35. The van der Waals surface area contributed by atoms with Gasteiger partial charge in [-0.2, -0.15) is 5.10 Å². The highest BCUT2D eigenvalue weighted by atomic mass is 35.5. The summed E-state index contributed by atoms with van der Waals surface area (Å²) in [6, 6.07) is 2.92. The molecule has 0 radical (unpaired) electrons. The summed E-state index contributed by atoms with van der Waals surface area (Å²) in [5, 5.41) is 8.27. The number of nitrogens with one attached hydrogen (secondary N) is 1. The van der Waals surface area contributed by atoms with E-state index in [1.807, 2.05) is 13.8 Å². The predicted octanol–water partition coefficient (Wildman–Crippen LogP) is 4.12. The van der Waals surface area contributed by atoms with Crippen LogP contribution in [0.3, 0.4) is 0 Å². The van der Waals surface area contributed by atoms with E-state index >= 15 is 0 Å². The number of nitrogens with zero attached hydrogens (tertiary/aromatic N) is 2. The third-order valence-electron chi connectivity index (χ3n) is 4.95. The third-order valence-corrected chi connectivity index (χ3v) is 5.23. The molecule has 1 aliphatic carbocycles. The quantitative estimate of drug-likeness (QED) is 0.544. The molecule has 1 heterocycles. The van der Waals surface area contributed by atoms with Crippen molar-refractivity contribution in [3.8, 4) is 11.5 Å². The van der Waals surface area contributed by atoms with Crippen LogP contribution in [-0.4, -0.2) is 41.9 Å². The van der Waals surface area contributed by atoms with Crippen LogP contribution < -0.4 is 14.8 Å². The smallest absolute Gasteiger partial charge is 0.346 e. The lowest BCUT2D eigenvalue weighted by atomic mass is 9.82. The highest BCUT2D eigenvalue weighted by Gasteiger charge is 2.51. The lowest BCUT2D eigenvalue weighted by molar-refractivity contribution is -0.132. The van der Waals surface area contributed by atoms with E-state index in [0.717, 1.165) is 30.7 Å². The number of carbonyl (C=O) groups excluding carboxylic acids is 2. The summed E-state index contributed by atoms with van der Waals surface area (Å²) in [5.74, 6) is 0.706. The SMILES string of the molecule is CCCOc1c(Cl)cc(/C=N\N2C(=O)NC3(CCCCC3)C2=O)cc1OCC. The van der Waals surface area contributed by atoms with Gasteiger partial charge in [0.2, 0.25) is 0 Å². The molecule has 1 aromatic rings. The highest BCUT2D eigenvalue weighted by Crippen LogP contribution is 2.37. The number of amides is 3. The molecule has 7 nitrogen and oxygen atoms in total. The Morgan fingerprint density at radius 1 is 1.21 bits per heavy atom. The van der Waals surface area contributed by atoms with Crippen LogP contribution in [0.2, 0.25) is 5.02 Å². The Kier molecular flexibility index (Phi) is 6.44. The number of hydrogen-bond donors (Lipinski definition) is 1. The summed E-state index contributed by atoms with van der Waals surface area (Å²) in [5.41, 5.74) is -0.180. The van der Waals surface area contributed by atoms with Crippen LogP contribution in [0.15, 0.2) is 17.2 Å². The van der Waals surface area contributed by atoms with Gasteiger partial charge < -0.3 is 14.8 Å². The molecular formula is C20H26ClN3O4. The molecule has 8 heteroatoms. The van der Waals surface area contributed by atoms with Crippen molar-refractivity contribution in [2.75, 3.05) is 13.2 Å². The molecule has 1 saturated carbocycles. The van der Waals surface area contributed by atoms with Crippen LogP contribution in [0, 0.1) is 0 Å². The molecule has 1 saturated heterocycles. The van der Waals surface area contributed by atoms with E-state index in [2.05, 4.69) is 10.4 Å². The van der Waals surface area contributed by atoms with Crippen molar-refractivity contribution in [1.29, 1.82) is 0 Å². The molecule has 0 aromatic heterocycles. The van der Waals surface area contributed by atoms with E-state index in [-0.39, 0.29) is 5.91 Å². The molecule has 0 unspecified atom stereocenters. The van der Waals surface area contributed by atoms with Gasteiger partial charge in [-0.25, -0.2) is 4.79 Å². The normalized spacial score (nSPS) is 18.8. The zero-order valence-electron chi connectivity index (χ0n) is 16.3. The maximum atomic E-state index is 12.8. The molecule has 1 N–H and O–H groups in total. The largest absolute Gasteiger partial charge is 0.490 e. The Bertz CT molecular complexity index is 775. The number of rotatable bonds is 7. The van der Waals surface area contributed by atoms with Crippen molar-refractivity contribution in [2.45, 2.75) is 57.9 Å². The Labute approximate surface area is 170 Å². The molecule has 3 amide bonds. The first-order chi connectivity index (χ1) is 13.5. The number of urea groups is 1. The van der Waals surface area contributed by atoms with E-state index in [4.69, 9.17) is 21.1 Å². The summed E-state index contributed by atoms with van der Waals surface area (Å²) in [4.78, 5) is 25.1. The van der Waals surface area contributed by atoms with Gasteiger partial charge in [0, 0.05) is 0 Å². The van der Waals surface area contributed by atoms with Crippen molar-refractivity contribution in [1.82, 2.24) is 10.3 Å². The van der Waals surface area contributed by atoms with E-state index in [1.165, 1.54) is 6.21 Å². The first kappa shape index (κ1) is 20.5. The van der Waals surface area contributed by atoms with Crippen molar-refractivity contribution in [2.24, 2.45) is 5.10 Å². The average molecular weight is 408 g/mol. The van der Waals surface area contributed by atoms with E-state index in [1.54, 1.807) is 12.1 Å². The van der Waals surface area contributed by atoms with Crippen molar-refractivity contribution in [3.63, 3.8) is 0 Å². The number of halogens is 1. The molecule has 28 heavy (non-hydrogen) atoms. The number of ether oxygens (including phenoxy) is 2. The average Bonchev–Trinajstić information content (AvgIpc) is 2.89. The Hall–Kier alpha value is -2.28. The number of carbonyl (C=O) groups is 2. The molecule has 1 aliphatic heterocycles. The summed E-state index contributed by atoms with van der Waals surface area (Å²) in [6.07, 6.45) is 6.54. The zero-order valence-corrected chi connectivity index (χ0v) is 17.1. The number of benzene rings is 1. The van der Waals surface area contributed by atoms with Gasteiger partial charge in [-0.3, -0.25) is 4.79 Å². The Balaban J connectivity index is 1.81. The van der Waals surface area contributed by atoms with Gasteiger partial charge in [-0.05, 0) is 43.9 Å². The first-order valence-electron chi connectivity index (χ1n) is 9.80. The second-order valence-electron chi connectivity index (χ2n) is 7.05. The fourth-order valence-electron chi connectivity index (χ4n) is 3.60. The fraction of sp³-hybridized carbons (Fsp3) is 0.550. The molecule has 0 atom stereocenters. The minimum atomic E-state index is -0.793. The van der Waals surface area contributed by atoms with Gasteiger partial charge in [-0.1, -0.05) is 37.8 Å². The highest BCUT2D eigenvalue weighted by molar-refractivity contribution is 6.32. The summed E-state index contributed by atoms with van der Waals surface area (Å²) < 4.78 is 11.3. The van der Waals surface area contributed by atoms with Crippen molar-refractivity contribution < 1.29 is 19.1 Å². The lowest BCUT2D eigenvalue weighted by Crippen LogP contribution is -2.48. The summed E-state index contributed by atoms with van der Waals surface area (Å²) in [6.45, 7) is 4.86. The topological polar surface area (TPSA) is 80.2 Å². The fourth-order valence-corrected chi connectivity index (χ4v) is 3.87. The maximum Gasteiger partial charge on any atom is 0.346 e. The van der Waals surface area contributed by atoms with Crippen LogP contribution in [0.25, 0.3) is 0 Å². The molecule has 1 spiro atoms. The Morgan fingerprint density at radius 3 is 2.64 bits per heavy atom.